The van der Waals surface area contributed by atoms with E-state index in [1.807, 2.05) is 13.8 Å². The lowest BCUT2D eigenvalue weighted by atomic mass is 9.85. The SMILES string of the molecule is BCC1C=CC(CP(=O)(OCC)OCC)=CC1. The lowest BCUT2D eigenvalue weighted by Crippen LogP contribution is -2.05. The van der Waals surface area contributed by atoms with Crippen LogP contribution >= 0.6 is 7.60 Å². The molecule has 1 atom stereocenters. The molecule has 0 saturated heterocycles. The predicted molar refractivity (Wildman–Crippen MR) is 74.4 cm³/mol. The summed E-state index contributed by atoms with van der Waals surface area (Å²) in [4.78, 5) is 0. The van der Waals surface area contributed by atoms with Gasteiger partial charge in [-0.2, -0.15) is 0 Å². The van der Waals surface area contributed by atoms with Crippen molar-refractivity contribution in [3.05, 3.63) is 23.8 Å². The summed E-state index contributed by atoms with van der Waals surface area (Å²) in [6.07, 6.45) is 8.97. The Bertz CT molecular complexity index is 329. The molecule has 1 unspecified atom stereocenters. The van der Waals surface area contributed by atoms with Crippen LogP contribution in [0.1, 0.15) is 20.3 Å². The summed E-state index contributed by atoms with van der Waals surface area (Å²) < 4.78 is 22.9. The molecule has 0 aromatic rings. The van der Waals surface area contributed by atoms with Crippen molar-refractivity contribution in [1.82, 2.24) is 0 Å². The van der Waals surface area contributed by atoms with Crippen molar-refractivity contribution in [3.63, 3.8) is 0 Å². The zero-order valence-electron chi connectivity index (χ0n) is 11.0. The van der Waals surface area contributed by atoms with E-state index < -0.39 is 7.60 Å². The van der Waals surface area contributed by atoms with Crippen molar-refractivity contribution < 1.29 is 13.6 Å². The average molecular weight is 256 g/mol. The minimum absolute atomic E-state index is 0.390. The van der Waals surface area contributed by atoms with Gasteiger partial charge in [-0.15, -0.1) is 0 Å². The van der Waals surface area contributed by atoms with Crippen molar-refractivity contribution in [2.45, 2.75) is 26.6 Å². The zero-order chi connectivity index (χ0) is 12.7. The highest BCUT2D eigenvalue weighted by atomic mass is 31.2. The van der Waals surface area contributed by atoms with Gasteiger partial charge in [-0.3, -0.25) is 4.57 Å². The van der Waals surface area contributed by atoms with Crippen LogP contribution in [0.25, 0.3) is 0 Å². The topological polar surface area (TPSA) is 35.5 Å². The van der Waals surface area contributed by atoms with Gasteiger partial charge < -0.3 is 9.05 Å². The summed E-state index contributed by atoms with van der Waals surface area (Å²) in [6, 6.07) is 0. The lowest BCUT2D eigenvalue weighted by molar-refractivity contribution is 0.222. The summed E-state index contributed by atoms with van der Waals surface area (Å²) in [5.74, 6) is 0.623. The van der Waals surface area contributed by atoms with Crippen molar-refractivity contribution in [2.75, 3.05) is 19.4 Å². The first-order chi connectivity index (χ1) is 8.13. The van der Waals surface area contributed by atoms with Crippen molar-refractivity contribution in [1.29, 1.82) is 0 Å². The maximum absolute atomic E-state index is 12.3. The molecule has 0 aromatic carbocycles. The molecule has 0 heterocycles. The Kier molecular flexibility index (Phi) is 6.25. The summed E-state index contributed by atoms with van der Waals surface area (Å²) in [7, 11) is -0.756. The molecule has 0 N–H and O–H groups in total. The predicted octanol–water partition coefficient (Wildman–Crippen LogP) is 2.81. The molecule has 0 saturated carbocycles. The molecule has 0 radical (unpaired) electrons. The molecule has 0 spiro atoms. The van der Waals surface area contributed by atoms with Crippen LogP contribution in [-0.4, -0.2) is 27.2 Å². The van der Waals surface area contributed by atoms with Gasteiger partial charge in [-0.05, 0) is 31.8 Å². The highest BCUT2D eigenvalue weighted by Crippen LogP contribution is 2.50. The van der Waals surface area contributed by atoms with Gasteiger partial charge in [-0.1, -0.05) is 24.5 Å². The van der Waals surface area contributed by atoms with E-state index in [9.17, 15) is 4.57 Å². The van der Waals surface area contributed by atoms with Gasteiger partial charge in [0.1, 0.15) is 7.85 Å². The van der Waals surface area contributed by atoms with Crippen molar-refractivity contribution >= 4 is 15.4 Å². The van der Waals surface area contributed by atoms with E-state index in [0.717, 1.165) is 18.3 Å². The Morgan fingerprint density at radius 2 is 2.06 bits per heavy atom. The fourth-order valence-corrected chi connectivity index (χ4v) is 3.60. The second-order valence-corrected chi connectivity index (χ2v) is 6.20. The van der Waals surface area contributed by atoms with E-state index in [1.165, 1.54) is 0 Å². The van der Waals surface area contributed by atoms with Gasteiger partial charge in [-0.25, -0.2) is 0 Å². The third-order valence-electron chi connectivity index (χ3n) is 2.82. The maximum Gasteiger partial charge on any atom is 0.334 e. The van der Waals surface area contributed by atoms with Crippen LogP contribution in [0.15, 0.2) is 23.8 Å². The largest absolute Gasteiger partial charge is 0.334 e. The van der Waals surface area contributed by atoms with Gasteiger partial charge in [0.15, 0.2) is 0 Å². The molecule has 0 aromatic heterocycles. The number of rotatable bonds is 7. The molecule has 0 aliphatic heterocycles. The van der Waals surface area contributed by atoms with Crippen molar-refractivity contribution in [2.24, 2.45) is 5.92 Å². The zero-order valence-corrected chi connectivity index (χ0v) is 11.9. The molecule has 17 heavy (non-hydrogen) atoms. The van der Waals surface area contributed by atoms with Crippen LogP contribution in [0.4, 0.5) is 0 Å². The first kappa shape index (κ1) is 14.8. The smallest absolute Gasteiger partial charge is 0.309 e. The molecule has 1 rings (SSSR count). The van der Waals surface area contributed by atoms with Crippen LogP contribution in [0.3, 0.4) is 0 Å². The van der Waals surface area contributed by atoms with Crippen LogP contribution in [-0.2, 0) is 13.6 Å². The quantitative estimate of drug-likeness (QED) is 0.519. The average Bonchev–Trinajstić information content (AvgIpc) is 2.30. The highest BCUT2D eigenvalue weighted by molar-refractivity contribution is 7.54. The standard InChI is InChI=1S/C12H22BO3P/c1-3-15-17(14,16-4-2)10-12-7-5-11(9-13)6-8-12/h5,7-8,11H,3-4,6,9-10,13H2,1-2H3. The molecular weight excluding hydrogens is 234 g/mol. The van der Waals surface area contributed by atoms with Crippen molar-refractivity contribution in [3.8, 4) is 0 Å². The summed E-state index contributed by atoms with van der Waals surface area (Å²) in [5, 5.41) is 0. The Hall–Kier alpha value is -0.305. The Labute approximate surface area is 105 Å². The molecule has 1 aliphatic rings. The molecule has 1 aliphatic carbocycles. The molecule has 0 fully saturated rings. The Morgan fingerprint density at radius 1 is 1.41 bits per heavy atom. The Morgan fingerprint density at radius 3 is 2.47 bits per heavy atom. The maximum atomic E-state index is 12.3. The normalized spacial score (nSPS) is 20.4. The van der Waals surface area contributed by atoms with Crippen LogP contribution in [0.2, 0.25) is 6.32 Å². The van der Waals surface area contributed by atoms with E-state index in [-0.39, 0.29) is 0 Å². The fourth-order valence-electron chi connectivity index (χ4n) is 1.87. The van der Waals surface area contributed by atoms with E-state index in [4.69, 9.17) is 9.05 Å². The van der Waals surface area contributed by atoms with E-state index in [1.54, 1.807) is 0 Å². The number of hydrogen-bond acceptors (Lipinski definition) is 3. The molecule has 5 heteroatoms. The lowest BCUT2D eigenvalue weighted by Gasteiger charge is -2.20. The number of allylic oxidation sites excluding steroid dienone is 4. The summed E-state index contributed by atoms with van der Waals surface area (Å²) >= 11 is 0. The van der Waals surface area contributed by atoms with Crippen LogP contribution < -0.4 is 0 Å². The monoisotopic (exact) mass is 256 g/mol. The molecular formula is C12H22BO3P. The first-order valence-corrected chi connectivity index (χ1v) is 8.11. The third kappa shape index (κ3) is 4.83. The minimum atomic E-state index is -2.94. The van der Waals surface area contributed by atoms with Gasteiger partial charge in [0, 0.05) is 0 Å². The number of hydrogen-bond donors (Lipinski definition) is 0. The van der Waals surface area contributed by atoms with Gasteiger partial charge >= 0.3 is 7.60 Å². The first-order valence-electron chi connectivity index (χ1n) is 6.38. The summed E-state index contributed by atoms with van der Waals surface area (Å²) in [6.45, 7) is 4.52. The molecule has 0 amide bonds. The van der Waals surface area contributed by atoms with Crippen LogP contribution in [0.5, 0.6) is 0 Å². The second kappa shape index (κ2) is 7.20. The minimum Gasteiger partial charge on any atom is -0.309 e. The van der Waals surface area contributed by atoms with Crippen LogP contribution in [0, 0.1) is 5.92 Å². The molecule has 96 valence electrons. The van der Waals surface area contributed by atoms with Gasteiger partial charge in [0.05, 0.1) is 19.4 Å². The Balaban J connectivity index is 2.60. The van der Waals surface area contributed by atoms with Gasteiger partial charge in [0.25, 0.3) is 0 Å². The highest BCUT2D eigenvalue weighted by Gasteiger charge is 2.25. The second-order valence-electron chi connectivity index (χ2n) is 4.15. The molecule has 0 bridgehead atoms. The fraction of sp³-hybridized carbons (Fsp3) is 0.667. The van der Waals surface area contributed by atoms with E-state index in [0.29, 0.717) is 25.3 Å². The molecule has 3 nitrogen and oxygen atoms in total. The third-order valence-corrected chi connectivity index (χ3v) is 4.87. The summed E-state index contributed by atoms with van der Waals surface area (Å²) in [5.41, 5.74) is 1.07. The van der Waals surface area contributed by atoms with E-state index >= 15 is 0 Å². The van der Waals surface area contributed by atoms with Gasteiger partial charge in [0.2, 0.25) is 0 Å². The van der Waals surface area contributed by atoms with E-state index in [2.05, 4.69) is 26.1 Å².